The van der Waals surface area contributed by atoms with Crippen molar-refractivity contribution in [3.63, 3.8) is 0 Å². The van der Waals surface area contributed by atoms with Crippen LogP contribution in [0.15, 0.2) is 53.5 Å². The third kappa shape index (κ3) is 5.01. The third-order valence-electron chi connectivity index (χ3n) is 6.47. The predicted molar refractivity (Wildman–Crippen MR) is 138 cm³/mol. The molecule has 4 aromatic rings. The Kier molecular flexibility index (Phi) is 6.81. The van der Waals surface area contributed by atoms with Crippen LogP contribution in [0.25, 0.3) is 33.4 Å². The van der Waals surface area contributed by atoms with E-state index in [4.69, 9.17) is 9.47 Å². The number of hydrogen-bond acceptors (Lipinski definition) is 6. The van der Waals surface area contributed by atoms with Gasteiger partial charge in [0.25, 0.3) is 5.56 Å². The molecule has 0 atom stereocenters. The molecule has 1 aromatic carbocycles. The molecule has 1 aliphatic heterocycles. The number of aromatic amines is 1. The van der Waals surface area contributed by atoms with Crippen LogP contribution < -0.4 is 10.9 Å². The normalized spacial score (nSPS) is 14.2. The first-order chi connectivity index (χ1) is 17.5. The van der Waals surface area contributed by atoms with Crippen molar-refractivity contribution >= 4 is 23.1 Å². The number of hydrogen-bond donors (Lipinski definition) is 2. The minimum atomic E-state index is -0.583. The number of ether oxygens (including phenoxy) is 2. The number of rotatable bonds is 6. The first-order valence-corrected chi connectivity index (χ1v) is 12.2. The fourth-order valence-electron chi connectivity index (χ4n) is 4.64. The van der Waals surface area contributed by atoms with Crippen LogP contribution in [0.1, 0.15) is 25.5 Å². The van der Waals surface area contributed by atoms with Crippen molar-refractivity contribution in [1.29, 1.82) is 0 Å². The molecule has 0 bridgehead atoms. The average Bonchev–Trinajstić information content (AvgIpc) is 3.29. The fraction of sp³-hybridized carbons (Fsp3) is 0.333. The van der Waals surface area contributed by atoms with E-state index in [2.05, 4.69) is 20.3 Å². The molecule has 0 aliphatic carbocycles. The summed E-state index contributed by atoms with van der Waals surface area (Å²) in [6.45, 7) is 6.18. The highest BCUT2D eigenvalue weighted by molar-refractivity contribution is 5.97. The summed E-state index contributed by atoms with van der Waals surface area (Å²) in [4.78, 5) is 37.3. The zero-order valence-electron chi connectivity index (χ0n) is 20.4. The number of aromatic nitrogens is 4. The van der Waals surface area contributed by atoms with Crippen LogP contribution in [0, 0.1) is 12.8 Å². The minimum absolute atomic E-state index is 0.0229. The van der Waals surface area contributed by atoms with Crippen LogP contribution >= 0.6 is 0 Å². The number of carbonyl (C=O) groups excluding carboxylic acids is 1. The van der Waals surface area contributed by atoms with Crippen LogP contribution in [0.4, 0.5) is 10.7 Å². The Morgan fingerprint density at radius 2 is 2.00 bits per heavy atom. The largest absolute Gasteiger partial charge is 0.450 e. The fourth-order valence-corrected chi connectivity index (χ4v) is 4.64. The van der Waals surface area contributed by atoms with E-state index < -0.39 is 6.09 Å². The smallest absolute Gasteiger partial charge is 0.413 e. The number of nitrogens with zero attached hydrogens (tertiary/aromatic N) is 3. The highest BCUT2D eigenvalue weighted by atomic mass is 16.5. The number of carbonyl (C=O) groups is 1. The number of amides is 1. The number of aryl methyl sites for hydroxylation is 1. The quantitative estimate of drug-likeness (QED) is 0.406. The Morgan fingerprint density at radius 3 is 2.72 bits per heavy atom. The van der Waals surface area contributed by atoms with Gasteiger partial charge in [-0.25, -0.2) is 9.78 Å². The molecule has 1 saturated heterocycles. The summed E-state index contributed by atoms with van der Waals surface area (Å²) in [7, 11) is 0. The van der Waals surface area contributed by atoms with E-state index in [-0.39, 0.29) is 18.1 Å². The number of fused-ring (bicyclic) bond motifs is 1. The standard InChI is InChI=1S/C27H29N5O4/c1-3-36-27(34)31-26-29-23-14-20(13-21(25(23)30-26)22-6-4-5-9-28-22)19-12-17(2)32(24(33)15-19)16-18-7-10-35-11-8-18/h4-6,9,12-15,18H,3,7-8,10-11,16H2,1-2H3,(H2,29,30,31,34). The second-order valence-corrected chi connectivity index (χ2v) is 8.96. The van der Waals surface area contributed by atoms with Crippen LogP contribution in [-0.4, -0.2) is 45.4 Å². The maximum atomic E-state index is 13.2. The molecule has 4 heterocycles. The lowest BCUT2D eigenvalue weighted by Crippen LogP contribution is -2.28. The van der Waals surface area contributed by atoms with Gasteiger partial charge in [-0.15, -0.1) is 0 Å². The van der Waals surface area contributed by atoms with Crippen molar-refractivity contribution in [3.8, 4) is 22.4 Å². The van der Waals surface area contributed by atoms with E-state index in [0.29, 0.717) is 23.5 Å². The van der Waals surface area contributed by atoms with Crippen molar-refractivity contribution in [3.05, 3.63) is 64.7 Å². The van der Waals surface area contributed by atoms with Crippen molar-refractivity contribution < 1.29 is 14.3 Å². The highest BCUT2D eigenvalue weighted by Gasteiger charge is 2.18. The molecule has 0 saturated carbocycles. The third-order valence-corrected chi connectivity index (χ3v) is 6.47. The molecule has 3 aromatic heterocycles. The average molecular weight is 488 g/mol. The van der Waals surface area contributed by atoms with Crippen LogP contribution in [0.3, 0.4) is 0 Å². The lowest BCUT2D eigenvalue weighted by molar-refractivity contribution is 0.0608. The molecule has 186 valence electrons. The molecule has 1 fully saturated rings. The Balaban J connectivity index is 1.56. The van der Waals surface area contributed by atoms with Gasteiger partial charge in [0.1, 0.15) is 0 Å². The summed E-state index contributed by atoms with van der Waals surface area (Å²) >= 11 is 0. The van der Waals surface area contributed by atoms with Crippen LogP contribution in [-0.2, 0) is 16.0 Å². The molecule has 0 radical (unpaired) electrons. The van der Waals surface area contributed by atoms with Gasteiger partial charge in [0.2, 0.25) is 5.95 Å². The molecule has 9 nitrogen and oxygen atoms in total. The van der Waals surface area contributed by atoms with E-state index in [1.807, 2.05) is 47.9 Å². The van der Waals surface area contributed by atoms with Crippen molar-refractivity contribution in [2.45, 2.75) is 33.2 Å². The summed E-state index contributed by atoms with van der Waals surface area (Å²) < 4.78 is 12.3. The molecule has 1 amide bonds. The van der Waals surface area contributed by atoms with Gasteiger partial charge in [0.15, 0.2) is 0 Å². The second kappa shape index (κ2) is 10.3. The number of benzene rings is 1. The first kappa shape index (κ1) is 23.7. The SMILES string of the molecule is CCOC(=O)Nc1nc2c(-c3ccccn3)cc(-c3cc(C)n(CC4CCOCC4)c(=O)c3)cc2[nH]1. The van der Waals surface area contributed by atoms with Crippen LogP contribution in [0.2, 0.25) is 0 Å². The van der Waals surface area contributed by atoms with E-state index in [1.54, 1.807) is 19.2 Å². The number of H-pyrrole nitrogens is 1. The number of anilines is 1. The Bertz CT molecular complexity index is 1440. The number of nitrogens with one attached hydrogen (secondary N) is 2. The van der Waals surface area contributed by atoms with Crippen molar-refractivity contribution in [2.75, 3.05) is 25.1 Å². The van der Waals surface area contributed by atoms with Gasteiger partial charge in [-0.05, 0) is 74.1 Å². The summed E-state index contributed by atoms with van der Waals surface area (Å²) in [5.41, 5.74) is 5.46. The summed E-state index contributed by atoms with van der Waals surface area (Å²) in [6.07, 6.45) is 3.08. The van der Waals surface area contributed by atoms with Gasteiger partial charge < -0.3 is 19.0 Å². The monoisotopic (exact) mass is 487 g/mol. The minimum Gasteiger partial charge on any atom is -0.450 e. The van der Waals surface area contributed by atoms with Gasteiger partial charge in [-0.2, -0.15) is 0 Å². The molecule has 5 rings (SSSR count). The molecular formula is C27H29N5O4. The lowest BCUT2D eigenvalue weighted by atomic mass is 9.98. The topological polar surface area (TPSA) is 111 Å². The van der Waals surface area contributed by atoms with E-state index in [9.17, 15) is 9.59 Å². The van der Waals surface area contributed by atoms with E-state index in [0.717, 1.165) is 54.1 Å². The molecule has 9 heteroatoms. The Labute approximate surface area is 208 Å². The summed E-state index contributed by atoms with van der Waals surface area (Å²) in [5.74, 6) is 0.726. The van der Waals surface area contributed by atoms with Gasteiger partial charge in [0.05, 0.1) is 23.3 Å². The van der Waals surface area contributed by atoms with Gasteiger partial charge in [-0.1, -0.05) is 6.07 Å². The Hall–Kier alpha value is -3.98. The molecular weight excluding hydrogens is 458 g/mol. The summed E-state index contributed by atoms with van der Waals surface area (Å²) in [5, 5.41) is 2.62. The predicted octanol–water partition coefficient (Wildman–Crippen LogP) is 4.76. The number of imidazole rings is 1. The van der Waals surface area contributed by atoms with Crippen LogP contribution in [0.5, 0.6) is 0 Å². The van der Waals surface area contributed by atoms with Crippen molar-refractivity contribution in [1.82, 2.24) is 19.5 Å². The Morgan fingerprint density at radius 1 is 1.19 bits per heavy atom. The maximum absolute atomic E-state index is 13.2. The first-order valence-electron chi connectivity index (χ1n) is 12.2. The molecule has 2 N–H and O–H groups in total. The zero-order valence-corrected chi connectivity index (χ0v) is 20.4. The highest BCUT2D eigenvalue weighted by Crippen LogP contribution is 2.33. The molecule has 1 aliphatic rings. The lowest BCUT2D eigenvalue weighted by Gasteiger charge is -2.24. The van der Waals surface area contributed by atoms with Gasteiger partial charge in [0, 0.05) is 43.3 Å². The summed E-state index contributed by atoms with van der Waals surface area (Å²) in [6, 6.07) is 13.3. The van der Waals surface area contributed by atoms with Gasteiger partial charge in [-0.3, -0.25) is 15.1 Å². The maximum Gasteiger partial charge on any atom is 0.413 e. The molecule has 36 heavy (non-hydrogen) atoms. The van der Waals surface area contributed by atoms with E-state index >= 15 is 0 Å². The van der Waals surface area contributed by atoms with Gasteiger partial charge >= 0.3 is 6.09 Å². The zero-order chi connectivity index (χ0) is 25.1. The molecule has 0 spiro atoms. The van der Waals surface area contributed by atoms with Crippen molar-refractivity contribution in [2.24, 2.45) is 5.92 Å². The molecule has 0 unspecified atom stereocenters. The number of pyridine rings is 2. The van der Waals surface area contributed by atoms with E-state index in [1.165, 1.54) is 0 Å². The second-order valence-electron chi connectivity index (χ2n) is 8.96.